The fourth-order valence-electron chi connectivity index (χ4n) is 3.04. The van der Waals surface area contributed by atoms with E-state index in [0.29, 0.717) is 0 Å². The molecule has 2 fully saturated rings. The van der Waals surface area contributed by atoms with Crippen molar-refractivity contribution in [3.63, 3.8) is 0 Å². The molecule has 0 saturated heterocycles. The van der Waals surface area contributed by atoms with E-state index in [-0.39, 0.29) is 0 Å². The Balaban J connectivity index is 2.16. The standard InChI is InChI=1S/C11H20/c1-10-6-4-3-5-7-11(10,2)9-8-10/h3-9H2,1-2H3/t10-,11+. The first-order valence-electron chi connectivity index (χ1n) is 5.16. The molecule has 2 aliphatic rings. The van der Waals surface area contributed by atoms with Gasteiger partial charge in [0.1, 0.15) is 0 Å². The molecule has 0 spiro atoms. The summed E-state index contributed by atoms with van der Waals surface area (Å²) in [5.41, 5.74) is 1.48. The average molecular weight is 152 g/mol. The van der Waals surface area contributed by atoms with Crippen LogP contribution in [0.15, 0.2) is 0 Å². The Morgan fingerprint density at radius 2 is 1.09 bits per heavy atom. The highest BCUT2D eigenvalue weighted by Gasteiger charge is 2.51. The van der Waals surface area contributed by atoms with Gasteiger partial charge >= 0.3 is 0 Å². The first kappa shape index (κ1) is 7.64. The minimum absolute atomic E-state index is 0.740. The van der Waals surface area contributed by atoms with Crippen LogP contribution in [-0.4, -0.2) is 0 Å². The van der Waals surface area contributed by atoms with E-state index in [0.717, 1.165) is 10.8 Å². The number of rotatable bonds is 0. The van der Waals surface area contributed by atoms with Crippen LogP contribution in [0.4, 0.5) is 0 Å². The zero-order chi connectivity index (χ0) is 7.95. The van der Waals surface area contributed by atoms with Gasteiger partial charge in [0.05, 0.1) is 0 Å². The van der Waals surface area contributed by atoms with Gasteiger partial charge in [0.25, 0.3) is 0 Å². The molecule has 2 atom stereocenters. The average Bonchev–Trinajstić information content (AvgIpc) is 2.07. The van der Waals surface area contributed by atoms with Gasteiger partial charge in [-0.25, -0.2) is 0 Å². The lowest BCUT2D eigenvalue weighted by atomic mass is 9.49. The summed E-state index contributed by atoms with van der Waals surface area (Å²) in [7, 11) is 0. The largest absolute Gasteiger partial charge is 0.0591 e. The second kappa shape index (κ2) is 2.24. The number of hydrogen-bond donors (Lipinski definition) is 0. The molecule has 0 nitrogen and oxygen atoms in total. The van der Waals surface area contributed by atoms with E-state index in [2.05, 4.69) is 13.8 Å². The zero-order valence-electron chi connectivity index (χ0n) is 7.95. The van der Waals surface area contributed by atoms with Gasteiger partial charge < -0.3 is 0 Å². The Labute approximate surface area is 70.4 Å². The lowest BCUT2D eigenvalue weighted by Gasteiger charge is -2.56. The monoisotopic (exact) mass is 152 g/mol. The van der Waals surface area contributed by atoms with Crippen molar-refractivity contribution in [2.75, 3.05) is 0 Å². The van der Waals surface area contributed by atoms with Crippen molar-refractivity contribution in [3.8, 4) is 0 Å². The van der Waals surface area contributed by atoms with Crippen molar-refractivity contribution in [1.29, 1.82) is 0 Å². The molecular formula is C11H20. The van der Waals surface area contributed by atoms with Crippen LogP contribution in [0.5, 0.6) is 0 Å². The minimum Gasteiger partial charge on any atom is -0.0591 e. The highest BCUT2D eigenvalue weighted by molar-refractivity contribution is 5.02. The fraction of sp³-hybridized carbons (Fsp3) is 1.00. The topological polar surface area (TPSA) is 0 Å². The van der Waals surface area contributed by atoms with Gasteiger partial charge in [-0.15, -0.1) is 0 Å². The molecule has 0 N–H and O–H groups in total. The Kier molecular flexibility index (Phi) is 1.56. The molecule has 0 aromatic heterocycles. The lowest BCUT2D eigenvalue weighted by Crippen LogP contribution is -2.46. The molecule has 0 amide bonds. The van der Waals surface area contributed by atoms with E-state index in [1.165, 1.54) is 44.9 Å². The molecular weight excluding hydrogens is 132 g/mol. The molecule has 2 rings (SSSR count). The van der Waals surface area contributed by atoms with Crippen molar-refractivity contribution in [2.45, 2.75) is 58.8 Å². The van der Waals surface area contributed by atoms with Crippen LogP contribution in [0.25, 0.3) is 0 Å². The van der Waals surface area contributed by atoms with Crippen molar-refractivity contribution in [3.05, 3.63) is 0 Å². The molecule has 0 aromatic rings. The third kappa shape index (κ3) is 0.947. The summed E-state index contributed by atoms with van der Waals surface area (Å²) in [6.07, 6.45) is 10.5. The minimum atomic E-state index is 0.740. The Bertz CT molecular complexity index is 143. The van der Waals surface area contributed by atoms with Crippen LogP contribution in [0.3, 0.4) is 0 Å². The fourth-order valence-corrected chi connectivity index (χ4v) is 3.04. The number of fused-ring (bicyclic) bond motifs is 1. The van der Waals surface area contributed by atoms with Gasteiger partial charge in [0.2, 0.25) is 0 Å². The van der Waals surface area contributed by atoms with Crippen molar-refractivity contribution in [2.24, 2.45) is 10.8 Å². The van der Waals surface area contributed by atoms with Crippen molar-refractivity contribution < 1.29 is 0 Å². The molecule has 0 aliphatic heterocycles. The third-order valence-corrected chi connectivity index (χ3v) is 4.64. The third-order valence-electron chi connectivity index (χ3n) is 4.64. The van der Waals surface area contributed by atoms with Gasteiger partial charge in [-0.2, -0.15) is 0 Å². The Hall–Kier alpha value is 0. The van der Waals surface area contributed by atoms with Crippen LogP contribution in [-0.2, 0) is 0 Å². The van der Waals surface area contributed by atoms with E-state index in [1.807, 2.05) is 0 Å². The van der Waals surface area contributed by atoms with E-state index in [9.17, 15) is 0 Å². The second-order valence-electron chi connectivity index (χ2n) is 5.18. The molecule has 11 heavy (non-hydrogen) atoms. The lowest BCUT2D eigenvalue weighted by molar-refractivity contribution is -0.0569. The smallest absolute Gasteiger partial charge is 0.0272 e. The maximum Gasteiger partial charge on any atom is -0.0272 e. The highest BCUT2D eigenvalue weighted by Crippen LogP contribution is 2.62. The molecule has 0 radical (unpaired) electrons. The van der Waals surface area contributed by atoms with E-state index >= 15 is 0 Å². The van der Waals surface area contributed by atoms with Gasteiger partial charge in [0, 0.05) is 0 Å². The Morgan fingerprint density at radius 1 is 0.636 bits per heavy atom. The van der Waals surface area contributed by atoms with Gasteiger partial charge in [-0.05, 0) is 36.5 Å². The first-order chi connectivity index (χ1) is 5.16. The maximum atomic E-state index is 2.52. The molecule has 0 bridgehead atoms. The van der Waals surface area contributed by atoms with Crippen molar-refractivity contribution >= 4 is 0 Å². The van der Waals surface area contributed by atoms with Crippen molar-refractivity contribution in [1.82, 2.24) is 0 Å². The van der Waals surface area contributed by atoms with Gasteiger partial charge in [-0.1, -0.05) is 33.1 Å². The highest BCUT2D eigenvalue weighted by atomic mass is 14.6. The van der Waals surface area contributed by atoms with Crippen LogP contribution in [0.2, 0.25) is 0 Å². The molecule has 2 aliphatic carbocycles. The summed E-state index contributed by atoms with van der Waals surface area (Å²) in [5, 5.41) is 0. The predicted octanol–water partition coefficient (Wildman–Crippen LogP) is 3.76. The summed E-state index contributed by atoms with van der Waals surface area (Å²) in [4.78, 5) is 0. The SMILES string of the molecule is C[C@@]12CCCCC[C@]1(C)CC2. The van der Waals surface area contributed by atoms with Crippen LogP contribution >= 0.6 is 0 Å². The van der Waals surface area contributed by atoms with E-state index < -0.39 is 0 Å². The molecule has 0 heteroatoms. The van der Waals surface area contributed by atoms with Crippen LogP contribution in [0, 0.1) is 10.8 Å². The van der Waals surface area contributed by atoms with Crippen LogP contribution < -0.4 is 0 Å². The molecule has 2 saturated carbocycles. The van der Waals surface area contributed by atoms with Gasteiger partial charge in [-0.3, -0.25) is 0 Å². The van der Waals surface area contributed by atoms with E-state index in [4.69, 9.17) is 0 Å². The normalized spacial score (nSPS) is 50.7. The second-order valence-corrected chi connectivity index (χ2v) is 5.18. The molecule has 0 heterocycles. The number of hydrogen-bond acceptors (Lipinski definition) is 0. The van der Waals surface area contributed by atoms with E-state index in [1.54, 1.807) is 0 Å². The summed E-state index contributed by atoms with van der Waals surface area (Å²) in [6, 6.07) is 0. The maximum absolute atomic E-state index is 2.52. The summed E-state index contributed by atoms with van der Waals surface area (Å²) in [5.74, 6) is 0. The summed E-state index contributed by atoms with van der Waals surface area (Å²) < 4.78 is 0. The summed E-state index contributed by atoms with van der Waals surface area (Å²) in [6.45, 7) is 5.03. The quantitative estimate of drug-likeness (QED) is 0.496. The first-order valence-corrected chi connectivity index (χ1v) is 5.16. The molecule has 0 aromatic carbocycles. The van der Waals surface area contributed by atoms with Gasteiger partial charge in [0.15, 0.2) is 0 Å². The Morgan fingerprint density at radius 3 is 1.45 bits per heavy atom. The summed E-state index contributed by atoms with van der Waals surface area (Å²) >= 11 is 0. The molecule has 0 unspecified atom stereocenters. The predicted molar refractivity (Wildman–Crippen MR) is 48.5 cm³/mol. The molecule has 64 valence electrons. The van der Waals surface area contributed by atoms with Crippen LogP contribution in [0.1, 0.15) is 58.8 Å². The zero-order valence-corrected chi connectivity index (χ0v) is 7.95.